The number of ketones is 1. The molecule has 92 valence electrons. The van der Waals surface area contributed by atoms with Crippen molar-refractivity contribution in [3.05, 3.63) is 23.3 Å². The number of rotatable bonds is 2. The van der Waals surface area contributed by atoms with Crippen molar-refractivity contribution in [3.63, 3.8) is 0 Å². The Kier molecular flexibility index (Phi) is 3.36. The van der Waals surface area contributed by atoms with Crippen LogP contribution in [0.5, 0.6) is 11.5 Å². The van der Waals surface area contributed by atoms with Crippen molar-refractivity contribution >= 4 is 5.78 Å². The number of hydrogen-bond donors (Lipinski definition) is 0. The van der Waals surface area contributed by atoms with Gasteiger partial charge in [0.25, 0.3) is 0 Å². The van der Waals surface area contributed by atoms with Crippen molar-refractivity contribution < 1.29 is 14.3 Å². The fourth-order valence-electron chi connectivity index (χ4n) is 1.93. The second kappa shape index (κ2) is 4.78. The lowest BCUT2D eigenvalue weighted by molar-refractivity contribution is -0.122. The van der Waals surface area contributed by atoms with Crippen LogP contribution < -0.4 is 9.47 Å². The summed E-state index contributed by atoms with van der Waals surface area (Å²) in [4.78, 5) is 11.3. The van der Waals surface area contributed by atoms with Crippen molar-refractivity contribution in [2.24, 2.45) is 0 Å². The summed E-state index contributed by atoms with van der Waals surface area (Å²) in [6.07, 6.45) is 0.949. The lowest BCUT2D eigenvalue weighted by Gasteiger charge is -2.16. The summed E-state index contributed by atoms with van der Waals surface area (Å²) in [6, 6.07) is 4.11. The number of benzene rings is 1. The van der Waals surface area contributed by atoms with Crippen molar-refractivity contribution in [1.29, 1.82) is 0 Å². The highest BCUT2D eigenvalue weighted by Crippen LogP contribution is 2.38. The molecule has 0 saturated heterocycles. The van der Waals surface area contributed by atoms with E-state index in [1.54, 1.807) is 0 Å². The first-order chi connectivity index (χ1) is 8.11. The predicted molar refractivity (Wildman–Crippen MR) is 65.9 cm³/mol. The van der Waals surface area contributed by atoms with Crippen LogP contribution in [0.1, 0.15) is 37.8 Å². The minimum atomic E-state index is -0.0195. The average Bonchev–Trinajstić information content (AvgIpc) is 2.50. The summed E-state index contributed by atoms with van der Waals surface area (Å²) >= 11 is 0. The van der Waals surface area contributed by atoms with E-state index >= 15 is 0 Å². The van der Waals surface area contributed by atoms with Crippen molar-refractivity contribution in [2.45, 2.75) is 33.1 Å². The third kappa shape index (κ3) is 2.43. The maximum Gasteiger partial charge on any atom is 0.207 e. The minimum Gasteiger partial charge on any atom is -0.482 e. The number of hydrogen-bond acceptors (Lipinski definition) is 3. The Morgan fingerprint density at radius 1 is 1.24 bits per heavy atom. The maximum atomic E-state index is 11.3. The molecule has 3 heteroatoms. The van der Waals surface area contributed by atoms with Crippen LogP contribution in [0.25, 0.3) is 0 Å². The van der Waals surface area contributed by atoms with Gasteiger partial charge in [-0.3, -0.25) is 4.79 Å². The molecule has 2 rings (SSSR count). The largest absolute Gasteiger partial charge is 0.482 e. The van der Waals surface area contributed by atoms with E-state index in [1.165, 1.54) is 5.56 Å². The van der Waals surface area contributed by atoms with Gasteiger partial charge in [-0.15, -0.1) is 0 Å². The fraction of sp³-hybridized carbons (Fsp3) is 0.500. The zero-order valence-corrected chi connectivity index (χ0v) is 10.6. The van der Waals surface area contributed by atoms with Crippen LogP contribution in [0.4, 0.5) is 0 Å². The number of carbonyl (C=O) groups is 1. The molecule has 0 unspecified atom stereocenters. The highest BCUT2D eigenvalue weighted by Gasteiger charge is 2.20. The molecule has 1 aliphatic rings. The Labute approximate surface area is 102 Å². The van der Waals surface area contributed by atoms with Gasteiger partial charge in [-0.1, -0.05) is 26.8 Å². The molecule has 0 aromatic heterocycles. The molecule has 0 saturated carbocycles. The summed E-state index contributed by atoms with van der Waals surface area (Å²) < 4.78 is 11.1. The fourth-order valence-corrected chi connectivity index (χ4v) is 1.93. The zero-order chi connectivity index (χ0) is 12.4. The van der Waals surface area contributed by atoms with Crippen LogP contribution in [0.3, 0.4) is 0 Å². The van der Waals surface area contributed by atoms with Crippen molar-refractivity contribution in [3.8, 4) is 11.5 Å². The highest BCUT2D eigenvalue weighted by atomic mass is 16.5. The molecule has 0 amide bonds. The quantitative estimate of drug-likeness (QED) is 0.789. The Bertz CT molecular complexity index is 435. The number of carbonyl (C=O) groups excluding carboxylic acids is 1. The molecule has 0 bridgehead atoms. The van der Waals surface area contributed by atoms with Crippen LogP contribution in [-0.2, 0) is 11.2 Å². The number of ether oxygens (including phenoxy) is 2. The van der Waals surface area contributed by atoms with Crippen molar-refractivity contribution in [1.82, 2.24) is 0 Å². The summed E-state index contributed by atoms with van der Waals surface area (Å²) in [5.41, 5.74) is 2.33. The smallest absolute Gasteiger partial charge is 0.207 e. The first kappa shape index (κ1) is 12.0. The summed E-state index contributed by atoms with van der Waals surface area (Å²) in [7, 11) is 0. The maximum absolute atomic E-state index is 11.3. The van der Waals surface area contributed by atoms with Gasteiger partial charge >= 0.3 is 0 Å². The van der Waals surface area contributed by atoms with E-state index in [2.05, 4.69) is 26.8 Å². The Balaban J connectivity index is 2.49. The molecule has 0 aliphatic carbocycles. The van der Waals surface area contributed by atoms with Gasteiger partial charge in [0.1, 0.15) is 0 Å². The normalized spacial score (nSPS) is 14.9. The summed E-state index contributed by atoms with van der Waals surface area (Å²) in [6.45, 7) is 6.56. The van der Waals surface area contributed by atoms with E-state index in [0.717, 1.165) is 17.7 Å². The first-order valence-electron chi connectivity index (χ1n) is 6.06. The molecule has 17 heavy (non-hydrogen) atoms. The third-order valence-electron chi connectivity index (χ3n) is 2.94. The van der Waals surface area contributed by atoms with E-state index in [1.807, 2.05) is 6.07 Å². The molecule has 1 aromatic rings. The van der Waals surface area contributed by atoms with Gasteiger partial charge in [-0.2, -0.15) is 0 Å². The highest BCUT2D eigenvalue weighted by molar-refractivity contribution is 5.82. The second-order valence-corrected chi connectivity index (χ2v) is 4.64. The monoisotopic (exact) mass is 234 g/mol. The summed E-state index contributed by atoms with van der Waals surface area (Å²) in [5.74, 6) is 1.78. The zero-order valence-electron chi connectivity index (χ0n) is 10.6. The SMILES string of the molecule is CCc1cc2c(c(C(C)C)c1)OCC(=O)CO2. The van der Waals surface area contributed by atoms with Crippen LogP contribution in [-0.4, -0.2) is 19.0 Å². The Hall–Kier alpha value is -1.51. The number of Topliss-reactive ketones (excluding diaryl/α,β-unsaturated/α-hetero) is 1. The Morgan fingerprint density at radius 3 is 2.59 bits per heavy atom. The number of aryl methyl sites for hydroxylation is 1. The van der Waals surface area contributed by atoms with Crippen LogP contribution >= 0.6 is 0 Å². The molecule has 0 N–H and O–H groups in total. The Morgan fingerprint density at radius 2 is 1.94 bits per heavy atom. The van der Waals surface area contributed by atoms with E-state index in [-0.39, 0.29) is 19.0 Å². The van der Waals surface area contributed by atoms with Gasteiger partial charge in [0.2, 0.25) is 5.78 Å². The van der Waals surface area contributed by atoms with Crippen LogP contribution in [0, 0.1) is 0 Å². The van der Waals surface area contributed by atoms with E-state index in [4.69, 9.17) is 9.47 Å². The second-order valence-electron chi connectivity index (χ2n) is 4.64. The molecule has 0 fully saturated rings. The molecule has 0 radical (unpaired) electrons. The lowest BCUT2D eigenvalue weighted by Crippen LogP contribution is -2.15. The molecule has 1 aliphatic heterocycles. The van der Waals surface area contributed by atoms with E-state index in [9.17, 15) is 4.79 Å². The van der Waals surface area contributed by atoms with Gasteiger partial charge in [-0.25, -0.2) is 0 Å². The molecule has 1 heterocycles. The predicted octanol–water partition coefficient (Wildman–Crippen LogP) is 2.71. The molecule has 0 atom stereocenters. The van der Waals surface area contributed by atoms with Crippen LogP contribution in [0.2, 0.25) is 0 Å². The topological polar surface area (TPSA) is 35.5 Å². The van der Waals surface area contributed by atoms with E-state index < -0.39 is 0 Å². The molecule has 3 nitrogen and oxygen atoms in total. The standard InChI is InChI=1S/C14H18O3/c1-4-10-5-12(9(2)3)14-13(6-10)16-7-11(15)8-17-14/h5-6,9H,4,7-8H2,1-3H3. The summed E-state index contributed by atoms with van der Waals surface area (Å²) in [5, 5.41) is 0. The lowest BCUT2D eigenvalue weighted by atomic mass is 9.98. The van der Waals surface area contributed by atoms with Crippen LogP contribution in [0.15, 0.2) is 12.1 Å². The number of fused-ring (bicyclic) bond motifs is 1. The van der Waals surface area contributed by atoms with Gasteiger partial charge in [-0.05, 0) is 24.0 Å². The minimum absolute atomic E-state index is 0.0195. The van der Waals surface area contributed by atoms with Crippen molar-refractivity contribution in [2.75, 3.05) is 13.2 Å². The van der Waals surface area contributed by atoms with E-state index in [0.29, 0.717) is 11.7 Å². The molecular formula is C14H18O3. The van der Waals surface area contributed by atoms with Gasteiger partial charge in [0.15, 0.2) is 24.7 Å². The van der Waals surface area contributed by atoms with Gasteiger partial charge < -0.3 is 9.47 Å². The average molecular weight is 234 g/mol. The third-order valence-corrected chi connectivity index (χ3v) is 2.94. The molecule has 0 spiro atoms. The first-order valence-corrected chi connectivity index (χ1v) is 6.06. The van der Waals surface area contributed by atoms with Gasteiger partial charge in [0.05, 0.1) is 0 Å². The van der Waals surface area contributed by atoms with Gasteiger partial charge in [0, 0.05) is 5.56 Å². The molecule has 1 aromatic carbocycles. The molecular weight excluding hydrogens is 216 g/mol.